The molecule has 0 saturated heterocycles. The van der Waals surface area contributed by atoms with Crippen LogP contribution in [0.1, 0.15) is 75.2 Å². The molecule has 0 amide bonds. The van der Waals surface area contributed by atoms with E-state index in [9.17, 15) is 4.79 Å². The largest absolute Gasteiger partial charge is 0.493 e. The zero-order valence-corrected chi connectivity index (χ0v) is 14.3. The van der Waals surface area contributed by atoms with Gasteiger partial charge in [-0.15, -0.1) is 0 Å². The highest BCUT2D eigenvalue weighted by atomic mass is 16.5. The van der Waals surface area contributed by atoms with Crippen molar-refractivity contribution in [3.05, 3.63) is 23.3 Å². The minimum absolute atomic E-state index is 0.570. The summed E-state index contributed by atoms with van der Waals surface area (Å²) >= 11 is 0. The molecule has 0 aliphatic rings. The van der Waals surface area contributed by atoms with Crippen molar-refractivity contribution in [2.45, 2.75) is 65.7 Å². The van der Waals surface area contributed by atoms with Crippen LogP contribution in [0.3, 0.4) is 0 Å². The third kappa shape index (κ3) is 5.70. The number of rotatable bonds is 12. The van der Waals surface area contributed by atoms with Crippen LogP contribution in [0.15, 0.2) is 12.1 Å². The lowest BCUT2D eigenvalue weighted by Gasteiger charge is -2.17. The van der Waals surface area contributed by atoms with Crippen molar-refractivity contribution in [2.75, 3.05) is 13.2 Å². The smallest absolute Gasteiger partial charge is 0.157 e. The van der Waals surface area contributed by atoms with Gasteiger partial charge < -0.3 is 9.47 Å². The molecule has 22 heavy (non-hydrogen) atoms. The van der Waals surface area contributed by atoms with E-state index in [4.69, 9.17) is 9.47 Å². The highest BCUT2D eigenvalue weighted by molar-refractivity contribution is 5.84. The first-order chi connectivity index (χ1) is 10.8. The van der Waals surface area contributed by atoms with Gasteiger partial charge in [0.25, 0.3) is 0 Å². The summed E-state index contributed by atoms with van der Waals surface area (Å²) in [7, 11) is 0. The van der Waals surface area contributed by atoms with Gasteiger partial charge in [-0.1, -0.05) is 46.1 Å². The van der Waals surface area contributed by atoms with E-state index in [0.717, 1.165) is 62.5 Å². The molecule has 0 fully saturated rings. The van der Waals surface area contributed by atoms with Crippen LogP contribution >= 0.6 is 0 Å². The normalized spacial score (nSPS) is 10.5. The Hall–Kier alpha value is -1.51. The number of ether oxygens (including phenoxy) is 2. The molecular weight excluding hydrogens is 276 g/mol. The summed E-state index contributed by atoms with van der Waals surface area (Å²) in [6.45, 7) is 7.71. The fourth-order valence-corrected chi connectivity index (χ4v) is 2.24. The van der Waals surface area contributed by atoms with Crippen LogP contribution in [0.5, 0.6) is 11.5 Å². The average Bonchev–Trinajstić information content (AvgIpc) is 2.54. The average molecular weight is 306 g/mol. The van der Waals surface area contributed by atoms with E-state index >= 15 is 0 Å². The highest BCUT2D eigenvalue weighted by Crippen LogP contribution is 2.32. The molecule has 0 atom stereocenters. The van der Waals surface area contributed by atoms with Crippen LogP contribution in [-0.2, 0) is 6.42 Å². The molecule has 0 spiro atoms. The predicted molar refractivity (Wildman–Crippen MR) is 91.2 cm³/mol. The molecule has 3 nitrogen and oxygen atoms in total. The number of hydrogen-bond donors (Lipinski definition) is 0. The van der Waals surface area contributed by atoms with Crippen LogP contribution in [0.4, 0.5) is 0 Å². The second kappa shape index (κ2) is 11.1. The molecule has 0 heterocycles. The van der Waals surface area contributed by atoms with Crippen LogP contribution in [-0.4, -0.2) is 19.5 Å². The summed E-state index contributed by atoms with van der Waals surface area (Å²) in [4.78, 5) is 11.6. The molecule has 0 radical (unpaired) electrons. The Labute approximate surface area is 135 Å². The fraction of sp³-hybridized carbons (Fsp3) is 0.632. The SMILES string of the molecule is CCCCOc1ccc(CCCC)c(OCCCC)c1C=O. The zero-order chi connectivity index (χ0) is 16.2. The Bertz CT molecular complexity index is 441. The first-order valence-corrected chi connectivity index (χ1v) is 8.65. The molecular formula is C19H30O3. The Kier molecular flexibility index (Phi) is 9.36. The molecule has 0 aromatic heterocycles. The molecule has 0 unspecified atom stereocenters. The molecule has 1 aromatic rings. The van der Waals surface area contributed by atoms with Gasteiger partial charge in [0.2, 0.25) is 0 Å². The molecule has 3 heteroatoms. The first-order valence-electron chi connectivity index (χ1n) is 8.65. The Morgan fingerprint density at radius 2 is 1.55 bits per heavy atom. The molecule has 124 valence electrons. The van der Waals surface area contributed by atoms with Crippen molar-refractivity contribution in [1.29, 1.82) is 0 Å². The summed E-state index contributed by atoms with van der Waals surface area (Å²) in [5.74, 6) is 1.38. The number of hydrogen-bond acceptors (Lipinski definition) is 3. The monoisotopic (exact) mass is 306 g/mol. The first kappa shape index (κ1) is 18.5. The van der Waals surface area contributed by atoms with E-state index in [0.29, 0.717) is 24.5 Å². The maximum absolute atomic E-state index is 11.6. The maximum Gasteiger partial charge on any atom is 0.157 e. The van der Waals surface area contributed by atoms with Gasteiger partial charge in [0.05, 0.1) is 18.8 Å². The molecule has 1 rings (SSSR count). The molecule has 0 bridgehead atoms. The predicted octanol–water partition coefficient (Wildman–Crippen LogP) is 5.20. The number of aryl methyl sites for hydroxylation is 1. The minimum Gasteiger partial charge on any atom is -0.493 e. The topological polar surface area (TPSA) is 35.5 Å². The summed E-state index contributed by atoms with van der Waals surface area (Å²) in [6, 6.07) is 3.96. The van der Waals surface area contributed by atoms with Gasteiger partial charge in [0.1, 0.15) is 11.5 Å². The van der Waals surface area contributed by atoms with E-state index in [1.165, 1.54) is 0 Å². The van der Waals surface area contributed by atoms with E-state index in [-0.39, 0.29) is 0 Å². The van der Waals surface area contributed by atoms with E-state index in [1.54, 1.807) is 0 Å². The second-order valence-electron chi connectivity index (χ2n) is 5.59. The van der Waals surface area contributed by atoms with Gasteiger partial charge in [-0.25, -0.2) is 0 Å². The van der Waals surface area contributed by atoms with Gasteiger partial charge in [0, 0.05) is 0 Å². The molecule has 0 aliphatic heterocycles. The summed E-state index contributed by atoms with van der Waals surface area (Å²) in [5.41, 5.74) is 1.68. The Morgan fingerprint density at radius 3 is 2.14 bits per heavy atom. The summed E-state index contributed by atoms with van der Waals surface area (Å²) in [6.07, 6.45) is 8.16. The Balaban J connectivity index is 2.99. The fourth-order valence-electron chi connectivity index (χ4n) is 2.24. The van der Waals surface area contributed by atoms with E-state index in [1.807, 2.05) is 12.1 Å². The van der Waals surface area contributed by atoms with Crippen LogP contribution < -0.4 is 9.47 Å². The molecule has 0 N–H and O–H groups in total. The third-order valence-corrected chi connectivity index (χ3v) is 3.65. The number of carbonyl (C=O) groups excluding carboxylic acids is 1. The van der Waals surface area contributed by atoms with Crippen molar-refractivity contribution in [1.82, 2.24) is 0 Å². The number of unbranched alkanes of at least 4 members (excludes halogenated alkanes) is 3. The van der Waals surface area contributed by atoms with Gasteiger partial charge in [0.15, 0.2) is 6.29 Å². The summed E-state index contributed by atoms with van der Waals surface area (Å²) < 4.78 is 11.7. The second-order valence-corrected chi connectivity index (χ2v) is 5.59. The van der Waals surface area contributed by atoms with Crippen LogP contribution in [0.25, 0.3) is 0 Å². The Morgan fingerprint density at radius 1 is 0.909 bits per heavy atom. The van der Waals surface area contributed by atoms with E-state index in [2.05, 4.69) is 20.8 Å². The molecule has 1 aromatic carbocycles. The quantitative estimate of drug-likeness (QED) is 0.393. The van der Waals surface area contributed by atoms with Crippen molar-refractivity contribution < 1.29 is 14.3 Å². The minimum atomic E-state index is 0.570. The van der Waals surface area contributed by atoms with Crippen LogP contribution in [0.2, 0.25) is 0 Å². The number of benzene rings is 1. The van der Waals surface area contributed by atoms with Crippen molar-refractivity contribution in [3.8, 4) is 11.5 Å². The third-order valence-electron chi connectivity index (χ3n) is 3.65. The maximum atomic E-state index is 11.6. The lowest BCUT2D eigenvalue weighted by atomic mass is 10.0. The lowest BCUT2D eigenvalue weighted by Crippen LogP contribution is -2.06. The standard InChI is InChI=1S/C19H30O3/c1-4-7-10-16-11-12-18(21-13-8-5-2)17(15-20)19(16)22-14-9-6-3/h11-12,15H,4-10,13-14H2,1-3H3. The molecule has 0 saturated carbocycles. The molecule has 0 aliphatic carbocycles. The van der Waals surface area contributed by atoms with Crippen molar-refractivity contribution in [2.24, 2.45) is 0 Å². The van der Waals surface area contributed by atoms with Gasteiger partial charge in [-0.2, -0.15) is 0 Å². The summed E-state index contributed by atoms with van der Waals surface area (Å²) in [5, 5.41) is 0. The van der Waals surface area contributed by atoms with E-state index < -0.39 is 0 Å². The van der Waals surface area contributed by atoms with Crippen molar-refractivity contribution >= 4 is 6.29 Å². The van der Waals surface area contributed by atoms with Crippen molar-refractivity contribution in [3.63, 3.8) is 0 Å². The van der Waals surface area contributed by atoms with Crippen LogP contribution in [0, 0.1) is 0 Å². The van der Waals surface area contributed by atoms with Gasteiger partial charge in [-0.3, -0.25) is 4.79 Å². The lowest BCUT2D eigenvalue weighted by molar-refractivity contribution is 0.111. The zero-order valence-electron chi connectivity index (χ0n) is 14.3. The van der Waals surface area contributed by atoms with Gasteiger partial charge >= 0.3 is 0 Å². The van der Waals surface area contributed by atoms with Gasteiger partial charge in [-0.05, 0) is 37.3 Å². The number of carbonyl (C=O) groups is 1. The number of aldehydes is 1. The highest BCUT2D eigenvalue weighted by Gasteiger charge is 2.15.